The third-order valence-electron chi connectivity index (χ3n) is 2.93. The van der Waals surface area contributed by atoms with E-state index < -0.39 is 0 Å². The number of piperidine rings is 1. The quantitative estimate of drug-likeness (QED) is 0.855. The standard InChI is InChI=1S/C12H16BrN/c13-12-4-2-1-3-11(12)9-10-5-7-14-8-6-10/h1-4,10,14H,5-9H2. The lowest BCUT2D eigenvalue weighted by Gasteiger charge is -2.22. The minimum atomic E-state index is 0.870. The van der Waals surface area contributed by atoms with Gasteiger partial charge in [-0.05, 0) is 49.9 Å². The number of rotatable bonds is 2. The van der Waals surface area contributed by atoms with E-state index in [1.54, 1.807) is 0 Å². The molecule has 0 radical (unpaired) electrons. The fraction of sp³-hybridized carbons (Fsp3) is 0.500. The normalized spacial score (nSPS) is 18.4. The van der Waals surface area contributed by atoms with E-state index in [-0.39, 0.29) is 0 Å². The van der Waals surface area contributed by atoms with Crippen molar-refractivity contribution in [3.63, 3.8) is 0 Å². The summed E-state index contributed by atoms with van der Waals surface area (Å²) in [5.41, 5.74) is 1.46. The lowest BCUT2D eigenvalue weighted by molar-refractivity contribution is 0.372. The van der Waals surface area contributed by atoms with Gasteiger partial charge in [0, 0.05) is 4.47 Å². The van der Waals surface area contributed by atoms with Gasteiger partial charge in [0.15, 0.2) is 0 Å². The van der Waals surface area contributed by atoms with Crippen molar-refractivity contribution in [3.8, 4) is 0 Å². The van der Waals surface area contributed by atoms with Crippen molar-refractivity contribution in [1.29, 1.82) is 0 Å². The Kier molecular flexibility index (Phi) is 3.60. The topological polar surface area (TPSA) is 12.0 Å². The molecule has 1 aromatic carbocycles. The van der Waals surface area contributed by atoms with E-state index in [1.165, 1.54) is 42.4 Å². The summed E-state index contributed by atoms with van der Waals surface area (Å²) in [4.78, 5) is 0. The van der Waals surface area contributed by atoms with Crippen molar-refractivity contribution in [3.05, 3.63) is 34.3 Å². The van der Waals surface area contributed by atoms with E-state index in [4.69, 9.17) is 0 Å². The second-order valence-electron chi connectivity index (χ2n) is 3.99. The molecule has 1 fully saturated rings. The van der Waals surface area contributed by atoms with E-state index in [9.17, 15) is 0 Å². The average Bonchev–Trinajstić information content (AvgIpc) is 2.23. The van der Waals surface area contributed by atoms with E-state index >= 15 is 0 Å². The second-order valence-corrected chi connectivity index (χ2v) is 4.84. The van der Waals surface area contributed by atoms with Gasteiger partial charge in [0.1, 0.15) is 0 Å². The Morgan fingerprint density at radius 2 is 1.93 bits per heavy atom. The molecule has 0 unspecified atom stereocenters. The first-order valence-corrected chi connectivity index (χ1v) is 6.09. The molecule has 0 aliphatic carbocycles. The molecule has 1 saturated heterocycles. The fourth-order valence-electron chi connectivity index (χ4n) is 2.06. The summed E-state index contributed by atoms with van der Waals surface area (Å²) < 4.78 is 1.26. The van der Waals surface area contributed by atoms with Gasteiger partial charge in [0.2, 0.25) is 0 Å². The van der Waals surface area contributed by atoms with Crippen molar-refractivity contribution >= 4 is 15.9 Å². The van der Waals surface area contributed by atoms with Gasteiger partial charge in [0.25, 0.3) is 0 Å². The number of nitrogens with one attached hydrogen (secondary N) is 1. The highest BCUT2D eigenvalue weighted by molar-refractivity contribution is 9.10. The zero-order valence-electron chi connectivity index (χ0n) is 8.30. The van der Waals surface area contributed by atoms with Crippen molar-refractivity contribution < 1.29 is 0 Å². The van der Waals surface area contributed by atoms with Gasteiger partial charge in [-0.2, -0.15) is 0 Å². The lowest BCUT2D eigenvalue weighted by atomic mass is 9.91. The summed E-state index contributed by atoms with van der Waals surface area (Å²) in [5.74, 6) is 0.870. The average molecular weight is 254 g/mol. The Morgan fingerprint density at radius 3 is 2.64 bits per heavy atom. The highest BCUT2D eigenvalue weighted by Crippen LogP contribution is 2.23. The van der Waals surface area contributed by atoms with Gasteiger partial charge < -0.3 is 5.32 Å². The maximum atomic E-state index is 3.61. The molecule has 0 amide bonds. The molecule has 1 heterocycles. The van der Waals surface area contributed by atoms with Crippen LogP contribution in [0.15, 0.2) is 28.7 Å². The molecule has 2 rings (SSSR count). The van der Waals surface area contributed by atoms with Gasteiger partial charge in [-0.1, -0.05) is 34.1 Å². The smallest absolute Gasteiger partial charge is 0.0207 e. The van der Waals surface area contributed by atoms with Gasteiger partial charge in [-0.3, -0.25) is 0 Å². The summed E-state index contributed by atoms with van der Waals surface area (Å²) in [6.45, 7) is 2.38. The molecule has 0 spiro atoms. The Morgan fingerprint density at radius 1 is 1.21 bits per heavy atom. The van der Waals surface area contributed by atoms with Crippen LogP contribution in [0.3, 0.4) is 0 Å². The predicted octanol–water partition coefficient (Wildman–Crippen LogP) is 2.99. The van der Waals surface area contributed by atoms with Crippen molar-refractivity contribution in [2.75, 3.05) is 13.1 Å². The third kappa shape index (κ3) is 2.58. The molecule has 0 atom stereocenters. The maximum absolute atomic E-state index is 3.61. The summed E-state index contributed by atoms with van der Waals surface area (Å²) >= 11 is 3.61. The monoisotopic (exact) mass is 253 g/mol. The van der Waals surface area contributed by atoms with E-state index in [0.29, 0.717) is 0 Å². The molecule has 0 saturated carbocycles. The second kappa shape index (κ2) is 4.94. The number of hydrogen-bond acceptors (Lipinski definition) is 1. The Labute approximate surface area is 94.0 Å². The first-order chi connectivity index (χ1) is 6.86. The molecule has 1 aliphatic heterocycles. The van der Waals surface area contributed by atoms with Crippen LogP contribution in [0.2, 0.25) is 0 Å². The van der Waals surface area contributed by atoms with Crippen LogP contribution in [0.1, 0.15) is 18.4 Å². The Bertz CT molecular complexity index is 292. The largest absolute Gasteiger partial charge is 0.317 e. The number of halogens is 1. The Hall–Kier alpha value is -0.340. The predicted molar refractivity (Wildman–Crippen MR) is 63.4 cm³/mol. The molecular formula is C12H16BrN. The minimum Gasteiger partial charge on any atom is -0.317 e. The fourth-order valence-corrected chi connectivity index (χ4v) is 2.51. The van der Waals surface area contributed by atoms with E-state index in [1.807, 2.05) is 0 Å². The molecule has 1 N–H and O–H groups in total. The molecule has 0 bridgehead atoms. The Balaban J connectivity index is 1.99. The zero-order valence-corrected chi connectivity index (χ0v) is 9.89. The maximum Gasteiger partial charge on any atom is 0.0207 e. The molecule has 76 valence electrons. The van der Waals surface area contributed by atoms with Crippen LogP contribution in [0.25, 0.3) is 0 Å². The lowest BCUT2D eigenvalue weighted by Crippen LogP contribution is -2.28. The van der Waals surface area contributed by atoms with Gasteiger partial charge in [-0.25, -0.2) is 0 Å². The number of hydrogen-bond donors (Lipinski definition) is 1. The van der Waals surface area contributed by atoms with E-state index in [0.717, 1.165) is 5.92 Å². The van der Waals surface area contributed by atoms with Crippen molar-refractivity contribution in [1.82, 2.24) is 5.32 Å². The van der Waals surface area contributed by atoms with E-state index in [2.05, 4.69) is 45.5 Å². The van der Waals surface area contributed by atoms with Crippen molar-refractivity contribution in [2.45, 2.75) is 19.3 Å². The first-order valence-electron chi connectivity index (χ1n) is 5.30. The van der Waals surface area contributed by atoms with Crippen LogP contribution in [0, 0.1) is 5.92 Å². The molecule has 0 aromatic heterocycles. The molecule has 2 heteroatoms. The summed E-state index contributed by atoms with van der Waals surface area (Å²) in [5, 5.41) is 3.40. The molecule has 1 aromatic rings. The van der Waals surface area contributed by atoms with Crippen LogP contribution in [-0.4, -0.2) is 13.1 Å². The SMILES string of the molecule is Brc1ccccc1CC1CCNCC1. The zero-order chi connectivity index (χ0) is 9.80. The molecule has 1 aliphatic rings. The first kappa shape index (κ1) is 10.2. The van der Waals surface area contributed by atoms with Crippen LogP contribution < -0.4 is 5.32 Å². The van der Waals surface area contributed by atoms with Gasteiger partial charge in [-0.15, -0.1) is 0 Å². The van der Waals surface area contributed by atoms with Gasteiger partial charge >= 0.3 is 0 Å². The third-order valence-corrected chi connectivity index (χ3v) is 3.70. The van der Waals surface area contributed by atoms with Crippen LogP contribution in [0.4, 0.5) is 0 Å². The minimum absolute atomic E-state index is 0.870. The molecule has 1 nitrogen and oxygen atoms in total. The van der Waals surface area contributed by atoms with Crippen LogP contribution in [0.5, 0.6) is 0 Å². The highest BCUT2D eigenvalue weighted by atomic mass is 79.9. The van der Waals surface area contributed by atoms with Crippen molar-refractivity contribution in [2.24, 2.45) is 5.92 Å². The van der Waals surface area contributed by atoms with Crippen LogP contribution >= 0.6 is 15.9 Å². The van der Waals surface area contributed by atoms with Gasteiger partial charge in [0.05, 0.1) is 0 Å². The summed E-state index contributed by atoms with van der Waals surface area (Å²) in [6, 6.07) is 8.57. The molecule has 14 heavy (non-hydrogen) atoms. The molecular weight excluding hydrogens is 238 g/mol. The summed E-state index contributed by atoms with van der Waals surface area (Å²) in [6.07, 6.45) is 3.87. The number of benzene rings is 1. The summed E-state index contributed by atoms with van der Waals surface area (Å²) in [7, 11) is 0. The van der Waals surface area contributed by atoms with Crippen LogP contribution in [-0.2, 0) is 6.42 Å². The highest BCUT2D eigenvalue weighted by Gasteiger charge is 2.14.